The van der Waals surface area contributed by atoms with E-state index in [0.29, 0.717) is 0 Å². The maximum absolute atomic E-state index is 10.9. The molecule has 18 heavy (non-hydrogen) atoms. The van der Waals surface area contributed by atoms with Gasteiger partial charge in [-0.15, -0.1) is 0 Å². The van der Waals surface area contributed by atoms with Crippen molar-refractivity contribution in [2.45, 2.75) is 32.2 Å². The van der Waals surface area contributed by atoms with Crippen LogP contribution in [-0.4, -0.2) is 73.2 Å². The lowest BCUT2D eigenvalue weighted by atomic mass is 10.1. The van der Waals surface area contributed by atoms with Crippen LogP contribution in [0.15, 0.2) is 0 Å². The van der Waals surface area contributed by atoms with Crippen molar-refractivity contribution < 1.29 is 9.90 Å². The normalized spacial score (nSPS) is 19.9. The summed E-state index contributed by atoms with van der Waals surface area (Å²) in [5, 5.41) is 12.0. The quantitative estimate of drug-likeness (QED) is 0.619. The maximum atomic E-state index is 10.9. The van der Waals surface area contributed by atoms with Crippen LogP contribution in [0.2, 0.25) is 0 Å². The molecule has 1 heterocycles. The highest BCUT2D eigenvalue weighted by Crippen LogP contribution is 2.05. The molecule has 0 aliphatic carbocycles. The lowest BCUT2D eigenvalue weighted by Gasteiger charge is -2.32. The van der Waals surface area contributed by atoms with Gasteiger partial charge in [-0.3, -0.25) is 4.79 Å². The number of piperazine rings is 1. The predicted molar refractivity (Wildman–Crippen MR) is 72.9 cm³/mol. The molecular weight excluding hydrogens is 230 g/mol. The molecule has 5 nitrogen and oxygen atoms in total. The van der Waals surface area contributed by atoms with Gasteiger partial charge in [0.2, 0.25) is 0 Å². The fourth-order valence-electron chi connectivity index (χ4n) is 2.31. The van der Waals surface area contributed by atoms with E-state index >= 15 is 0 Å². The minimum Gasteiger partial charge on any atom is -0.480 e. The third-order valence-electron chi connectivity index (χ3n) is 3.56. The molecule has 0 spiro atoms. The third kappa shape index (κ3) is 5.80. The Morgan fingerprint density at radius 2 is 1.94 bits per heavy atom. The molecule has 0 saturated carbocycles. The lowest BCUT2D eigenvalue weighted by Crippen LogP contribution is -2.44. The highest BCUT2D eigenvalue weighted by Gasteiger charge is 2.16. The van der Waals surface area contributed by atoms with Crippen LogP contribution >= 0.6 is 0 Å². The third-order valence-corrected chi connectivity index (χ3v) is 3.56. The molecule has 0 unspecified atom stereocenters. The Bertz CT molecular complexity index is 240. The summed E-state index contributed by atoms with van der Waals surface area (Å²) in [5.74, 6) is -0.726. The standard InChI is InChI=1S/C13H27N3O2/c1-3-14-12(13(17)18)6-4-5-7-16-10-8-15(2)9-11-16/h12,14H,3-11H2,1-2H3,(H,17,18)/t12-/m0/s1. The van der Waals surface area contributed by atoms with Crippen molar-refractivity contribution in [3.8, 4) is 0 Å². The van der Waals surface area contributed by atoms with E-state index in [2.05, 4.69) is 22.2 Å². The van der Waals surface area contributed by atoms with E-state index in [0.717, 1.165) is 58.5 Å². The highest BCUT2D eigenvalue weighted by atomic mass is 16.4. The summed E-state index contributed by atoms with van der Waals surface area (Å²) >= 11 is 0. The number of nitrogens with zero attached hydrogens (tertiary/aromatic N) is 2. The molecule has 1 aliphatic heterocycles. The van der Waals surface area contributed by atoms with Crippen LogP contribution < -0.4 is 5.32 Å². The molecule has 0 aromatic rings. The van der Waals surface area contributed by atoms with Crippen LogP contribution in [0.4, 0.5) is 0 Å². The van der Waals surface area contributed by atoms with Crippen molar-refractivity contribution in [3.63, 3.8) is 0 Å². The van der Waals surface area contributed by atoms with Gasteiger partial charge in [0.1, 0.15) is 6.04 Å². The number of carboxylic acids is 1. The zero-order valence-corrected chi connectivity index (χ0v) is 11.7. The molecule has 5 heteroatoms. The van der Waals surface area contributed by atoms with Gasteiger partial charge in [-0.25, -0.2) is 0 Å². The summed E-state index contributed by atoms with van der Waals surface area (Å²) in [5.41, 5.74) is 0. The van der Waals surface area contributed by atoms with Crippen LogP contribution in [-0.2, 0) is 4.79 Å². The topological polar surface area (TPSA) is 55.8 Å². The van der Waals surface area contributed by atoms with Gasteiger partial charge >= 0.3 is 5.97 Å². The van der Waals surface area contributed by atoms with E-state index in [1.165, 1.54) is 0 Å². The number of rotatable bonds is 8. The van der Waals surface area contributed by atoms with Crippen LogP contribution in [0, 0.1) is 0 Å². The molecule has 1 atom stereocenters. The summed E-state index contributed by atoms with van der Waals surface area (Å²) in [4.78, 5) is 15.8. The summed E-state index contributed by atoms with van der Waals surface area (Å²) in [6.45, 7) is 8.35. The minimum absolute atomic E-state index is 0.373. The number of likely N-dealkylation sites (N-methyl/N-ethyl adjacent to an activating group) is 2. The number of carbonyl (C=O) groups is 1. The molecular formula is C13H27N3O2. The SMILES string of the molecule is CCN[C@@H](CCCCN1CCN(C)CC1)C(=O)O. The Morgan fingerprint density at radius 1 is 1.28 bits per heavy atom. The van der Waals surface area contributed by atoms with Gasteiger partial charge in [0, 0.05) is 26.2 Å². The number of nitrogens with one attached hydrogen (secondary N) is 1. The Labute approximate surface area is 110 Å². The van der Waals surface area contributed by atoms with Crippen molar-refractivity contribution in [1.82, 2.24) is 15.1 Å². The summed E-state index contributed by atoms with van der Waals surface area (Å²) in [6, 6.07) is -0.373. The fourth-order valence-corrected chi connectivity index (χ4v) is 2.31. The monoisotopic (exact) mass is 257 g/mol. The van der Waals surface area contributed by atoms with Crippen molar-refractivity contribution in [2.24, 2.45) is 0 Å². The summed E-state index contributed by atoms with van der Waals surface area (Å²) in [7, 11) is 2.16. The largest absolute Gasteiger partial charge is 0.480 e. The van der Waals surface area contributed by atoms with E-state index in [1.807, 2.05) is 6.92 Å². The molecule has 1 aliphatic rings. The fraction of sp³-hybridized carbons (Fsp3) is 0.923. The Hall–Kier alpha value is -0.650. The number of hydrogen-bond donors (Lipinski definition) is 2. The Morgan fingerprint density at radius 3 is 2.50 bits per heavy atom. The molecule has 0 aromatic heterocycles. The van der Waals surface area contributed by atoms with Crippen molar-refractivity contribution in [3.05, 3.63) is 0 Å². The van der Waals surface area contributed by atoms with Crippen molar-refractivity contribution >= 4 is 5.97 Å². The van der Waals surface area contributed by atoms with Crippen LogP contribution in [0.3, 0.4) is 0 Å². The van der Waals surface area contributed by atoms with E-state index in [9.17, 15) is 4.79 Å². The van der Waals surface area contributed by atoms with E-state index in [1.54, 1.807) is 0 Å². The highest BCUT2D eigenvalue weighted by molar-refractivity contribution is 5.73. The maximum Gasteiger partial charge on any atom is 0.320 e. The molecule has 0 radical (unpaired) electrons. The average Bonchev–Trinajstić information content (AvgIpc) is 2.35. The smallest absolute Gasteiger partial charge is 0.320 e. The van der Waals surface area contributed by atoms with Gasteiger partial charge in [-0.05, 0) is 33.0 Å². The molecule has 0 amide bonds. The summed E-state index contributed by atoms with van der Waals surface area (Å²) in [6.07, 6.45) is 2.81. The van der Waals surface area contributed by atoms with Gasteiger partial charge in [0.15, 0.2) is 0 Å². The lowest BCUT2D eigenvalue weighted by molar-refractivity contribution is -0.139. The Balaban J connectivity index is 2.08. The first-order valence-electron chi connectivity index (χ1n) is 7.00. The number of hydrogen-bond acceptors (Lipinski definition) is 4. The van der Waals surface area contributed by atoms with E-state index < -0.39 is 5.97 Å². The van der Waals surface area contributed by atoms with Crippen LogP contribution in [0.5, 0.6) is 0 Å². The zero-order chi connectivity index (χ0) is 13.4. The Kier molecular flexibility index (Phi) is 7.23. The number of carboxylic acid groups (broad SMARTS) is 1. The first-order chi connectivity index (χ1) is 8.63. The first kappa shape index (κ1) is 15.4. The van der Waals surface area contributed by atoms with Gasteiger partial charge in [0.25, 0.3) is 0 Å². The zero-order valence-electron chi connectivity index (χ0n) is 11.7. The van der Waals surface area contributed by atoms with Gasteiger partial charge in [-0.1, -0.05) is 13.3 Å². The van der Waals surface area contributed by atoms with E-state index in [4.69, 9.17) is 5.11 Å². The molecule has 106 valence electrons. The van der Waals surface area contributed by atoms with Crippen molar-refractivity contribution in [2.75, 3.05) is 46.3 Å². The van der Waals surface area contributed by atoms with Gasteiger partial charge < -0.3 is 20.2 Å². The second kappa shape index (κ2) is 8.45. The van der Waals surface area contributed by atoms with Crippen LogP contribution in [0.1, 0.15) is 26.2 Å². The molecule has 0 aromatic carbocycles. The van der Waals surface area contributed by atoms with Crippen LogP contribution in [0.25, 0.3) is 0 Å². The van der Waals surface area contributed by atoms with E-state index in [-0.39, 0.29) is 6.04 Å². The van der Waals surface area contributed by atoms with Gasteiger partial charge in [0.05, 0.1) is 0 Å². The first-order valence-corrected chi connectivity index (χ1v) is 7.00. The number of unbranched alkanes of at least 4 members (excludes halogenated alkanes) is 1. The predicted octanol–water partition coefficient (Wildman–Crippen LogP) is 0.467. The van der Waals surface area contributed by atoms with Gasteiger partial charge in [-0.2, -0.15) is 0 Å². The molecule has 2 N–H and O–H groups in total. The molecule has 1 fully saturated rings. The molecule has 1 rings (SSSR count). The second-order valence-electron chi connectivity index (χ2n) is 5.09. The molecule has 1 saturated heterocycles. The second-order valence-corrected chi connectivity index (χ2v) is 5.09. The van der Waals surface area contributed by atoms with Crippen molar-refractivity contribution in [1.29, 1.82) is 0 Å². The molecule has 0 bridgehead atoms. The summed E-state index contributed by atoms with van der Waals surface area (Å²) < 4.78 is 0. The minimum atomic E-state index is -0.726. The average molecular weight is 257 g/mol. The number of aliphatic carboxylic acids is 1.